The van der Waals surface area contributed by atoms with Crippen molar-refractivity contribution >= 4 is 17.6 Å². The molecule has 1 amide bonds. The number of hydrogen-bond acceptors (Lipinski definition) is 3. The lowest BCUT2D eigenvalue weighted by molar-refractivity contribution is -0.136. The van der Waals surface area contributed by atoms with Crippen molar-refractivity contribution in [3.05, 3.63) is 59.7 Å². The number of pyridine rings is 1. The first-order valence-corrected chi connectivity index (χ1v) is 5.78. The standard InChI is InChI=1S/C14H11FN2O3/c15-11-8-16-6-5-10(11)14(20)17-12-4-2-1-3-9(12)7-13(18)19/h1-6,8H,7H2,(H,17,20)(H,18,19). The summed E-state index contributed by atoms with van der Waals surface area (Å²) in [7, 11) is 0. The summed E-state index contributed by atoms with van der Waals surface area (Å²) in [5, 5.41) is 11.3. The maximum atomic E-state index is 13.4. The Balaban J connectivity index is 2.24. The first-order chi connectivity index (χ1) is 9.58. The van der Waals surface area contributed by atoms with Crippen LogP contribution in [0, 0.1) is 5.82 Å². The molecule has 0 aliphatic heterocycles. The third-order valence-corrected chi connectivity index (χ3v) is 2.62. The van der Waals surface area contributed by atoms with Crippen LogP contribution in [0.15, 0.2) is 42.7 Å². The fourth-order valence-corrected chi connectivity index (χ4v) is 1.71. The van der Waals surface area contributed by atoms with Gasteiger partial charge in [0.2, 0.25) is 0 Å². The Hall–Kier alpha value is -2.76. The second-order valence-corrected chi connectivity index (χ2v) is 4.04. The molecule has 0 radical (unpaired) electrons. The quantitative estimate of drug-likeness (QED) is 0.894. The zero-order chi connectivity index (χ0) is 14.5. The second kappa shape index (κ2) is 5.92. The van der Waals surface area contributed by atoms with E-state index in [-0.39, 0.29) is 12.0 Å². The van der Waals surface area contributed by atoms with Crippen LogP contribution in [-0.2, 0) is 11.2 Å². The van der Waals surface area contributed by atoms with Gasteiger partial charge in [0.05, 0.1) is 18.2 Å². The molecule has 2 rings (SSSR count). The van der Waals surface area contributed by atoms with Gasteiger partial charge < -0.3 is 10.4 Å². The lowest BCUT2D eigenvalue weighted by atomic mass is 10.1. The number of amides is 1. The van der Waals surface area contributed by atoms with Crippen molar-refractivity contribution < 1.29 is 19.1 Å². The monoisotopic (exact) mass is 274 g/mol. The Kier molecular flexibility index (Phi) is 4.05. The molecule has 0 aliphatic rings. The van der Waals surface area contributed by atoms with Crippen LogP contribution < -0.4 is 5.32 Å². The number of aromatic nitrogens is 1. The number of benzene rings is 1. The molecule has 5 nitrogen and oxygen atoms in total. The Labute approximate surface area is 114 Å². The summed E-state index contributed by atoms with van der Waals surface area (Å²) in [6.45, 7) is 0. The Morgan fingerprint density at radius 2 is 2.00 bits per heavy atom. The van der Waals surface area contributed by atoms with E-state index in [1.165, 1.54) is 12.3 Å². The summed E-state index contributed by atoms with van der Waals surface area (Å²) < 4.78 is 13.4. The number of nitrogens with one attached hydrogen (secondary N) is 1. The van der Waals surface area contributed by atoms with Gasteiger partial charge in [-0.15, -0.1) is 0 Å². The van der Waals surface area contributed by atoms with Gasteiger partial charge in [0, 0.05) is 11.9 Å². The van der Waals surface area contributed by atoms with Crippen LogP contribution in [0.5, 0.6) is 0 Å². The average molecular weight is 274 g/mol. The molecule has 0 atom stereocenters. The van der Waals surface area contributed by atoms with Gasteiger partial charge in [-0.3, -0.25) is 14.6 Å². The Morgan fingerprint density at radius 1 is 1.25 bits per heavy atom. The third-order valence-electron chi connectivity index (χ3n) is 2.62. The average Bonchev–Trinajstić information content (AvgIpc) is 2.41. The van der Waals surface area contributed by atoms with Crippen LogP contribution in [-0.4, -0.2) is 22.0 Å². The number of aliphatic carboxylic acids is 1. The van der Waals surface area contributed by atoms with Gasteiger partial charge in [0.25, 0.3) is 5.91 Å². The van der Waals surface area contributed by atoms with Crippen molar-refractivity contribution in [2.24, 2.45) is 0 Å². The lowest BCUT2D eigenvalue weighted by Gasteiger charge is -2.09. The normalized spacial score (nSPS) is 10.1. The smallest absolute Gasteiger partial charge is 0.307 e. The zero-order valence-electron chi connectivity index (χ0n) is 10.3. The number of para-hydroxylation sites is 1. The van der Waals surface area contributed by atoms with E-state index in [9.17, 15) is 14.0 Å². The molecule has 0 bridgehead atoms. The van der Waals surface area contributed by atoms with Crippen molar-refractivity contribution in [1.82, 2.24) is 4.98 Å². The summed E-state index contributed by atoms with van der Waals surface area (Å²) in [6, 6.07) is 7.73. The molecule has 1 heterocycles. The van der Waals surface area contributed by atoms with Gasteiger partial charge in [0.15, 0.2) is 5.82 Å². The molecule has 2 N–H and O–H groups in total. The molecule has 102 valence electrons. The van der Waals surface area contributed by atoms with Gasteiger partial charge in [-0.05, 0) is 17.7 Å². The summed E-state index contributed by atoms with van der Waals surface area (Å²) in [5.74, 6) is -2.40. The molecule has 1 aromatic carbocycles. The highest BCUT2D eigenvalue weighted by Gasteiger charge is 2.14. The van der Waals surface area contributed by atoms with E-state index in [4.69, 9.17) is 5.11 Å². The van der Waals surface area contributed by atoms with E-state index in [1.54, 1.807) is 24.3 Å². The minimum Gasteiger partial charge on any atom is -0.481 e. The van der Waals surface area contributed by atoms with E-state index in [1.807, 2.05) is 0 Å². The van der Waals surface area contributed by atoms with Crippen LogP contribution in [0.1, 0.15) is 15.9 Å². The minimum atomic E-state index is -1.01. The van der Waals surface area contributed by atoms with Gasteiger partial charge >= 0.3 is 5.97 Å². The molecule has 0 unspecified atom stereocenters. The number of rotatable bonds is 4. The van der Waals surface area contributed by atoms with Crippen molar-refractivity contribution in [2.75, 3.05) is 5.32 Å². The first kappa shape index (κ1) is 13.7. The van der Waals surface area contributed by atoms with E-state index in [2.05, 4.69) is 10.3 Å². The number of carbonyl (C=O) groups is 2. The highest BCUT2D eigenvalue weighted by atomic mass is 19.1. The van der Waals surface area contributed by atoms with Gasteiger partial charge in [-0.25, -0.2) is 4.39 Å². The minimum absolute atomic E-state index is 0.148. The van der Waals surface area contributed by atoms with E-state index in [0.29, 0.717) is 11.3 Å². The largest absolute Gasteiger partial charge is 0.481 e. The van der Waals surface area contributed by atoms with Crippen LogP contribution in [0.3, 0.4) is 0 Å². The topological polar surface area (TPSA) is 79.3 Å². The maximum Gasteiger partial charge on any atom is 0.307 e. The summed E-state index contributed by atoms with van der Waals surface area (Å²) in [5.41, 5.74) is 0.643. The predicted octanol–water partition coefficient (Wildman–Crippen LogP) is 2.10. The van der Waals surface area contributed by atoms with E-state index < -0.39 is 17.7 Å². The third kappa shape index (κ3) is 3.17. The lowest BCUT2D eigenvalue weighted by Crippen LogP contribution is -2.16. The molecule has 0 aliphatic carbocycles. The van der Waals surface area contributed by atoms with E-state index >= 15 is 0 Å². The first-order valence-electron chi connectivity index (χ1n) is 5.78. The van der Waals surface area contributed by atoms with E-state index in [0.717, 1.165) is 6.20 Å². The SMILES string of the molecule is O=C(O)Cc1ccccc1NC(=O)c1ccncc1F. The Bertz CT molecular complexity index is 658. The molecule has 0 saturated heterocycles. The molecule has 2 aromatic rings. The predicted molar refractivity (Wildman–Crippen MR) is 69.9 cm³/mol. The highest BCUT2D eigenvalue weighted by molar-refractivity contribution is 6.04. The van der Waals surface area contributed by atoms with Gasteiger partial charge in [0.1, 0.15) is 0 Å². The molecular formula is C14H11FN2O3. The molecule has 6 heteroatoms. The highest BCUT2D eigenvalue weighted by Crippen LogP contribution is 2.17. The fraction of sp³-hybridized carbons (Fsp3) is 0.0714. The van der Waals surface area contributed by atoms with Crippen molar-refractivity contribution in [2.45, 2.75) is 6.42 Å². The molecule has 1 aromatic heterocycles. The van der Waals surface area contributed by atoms with Crippen LogP contribution in [0.4, 0.5) is 10.1 Å². The number of carboxylic acid groups (broad SMARTS) is 1. The summed E-state index contributed by atoms with van der Waals surface area (Å²) in [6.07, 6.45) is 2.02. The maximum absolute atomic E-state index is 13.4. The molecule has 20 heavy (non-hydrogen) atoms. The van der Waals surface area contributed by atoms with Gasteiger partial charge in [-0.2, -0.15) is 0 Å². The summed E-state index contributed by atoms with van der Waals surface area (Å²) in [4.78, 5) is 26.3. The number of carbonyl (C=O) groups excluding carboxylic acids is 1. The fourth-order valence-electron chi connectivity index (χ4n) is 1.71. The number of halogens is 1. The summed E-state index contributed by atoms with van der Waals surface area (Å²) >= 11 is 0. The number of carboxylic acids is 1. The second-order valence-electron chi connectivity index (χ2n) is 4.04. The Morgan fingerprint density at radius 3 is 2.70 bits per heavy atom. The molecule has 0 saturated carbocycles. The van der Waals surface area contributed by atoms with Crippen LogP contribution in [0.2, 0.25) is 0 Å². The van der Waals surface area contributed by atoms with Gasteiger partial charge in [-0.1, -0.05) is 18.2 Å². The number of anilines is 1. The molecular weight excluding hydrogens is 263 g/mol. The molecule has 0 fully saturated rings. The number of hydrogen-bond donors (Lipinski definition) is 2. The number of nitrogens with zero attached hydrogens (tertiary/aromatic N) is 1. The van der Waals surface area contributed by atoms with Crippen LogP contribution >= 0.6 is 0 Å². The molecule has 0 spiro atoms. The van der Waals surface area contributed by atoms with Crippen molar-refractivity contribution in [3.63, 3.8) is 0 Å². The van der Waals surface area contributed by atoms with Crippen molar-refractivity contribution in [3.8, 4) is 0 Å². The van der Waals surface area contributed by atoms with Crippen LogP contribution in [0.25, 0.3) is 0 Å². The zero-order valence-corrected chi connectivity index (χ0v) is 10.3. The van der Waals surface area contributed by atoms with Crippen molar-refractivity contribution in [1.29, 1.82) is 0 Å².